The van der Waals surface area contributed by atoms with Crippen molar-refractivity contribution in [3.05, 3.63) is 84.3 Å². The second kappa shape index (κ2) is 8.71. The average Bonchev–Trinajstić information content (AvgIpc) is 3.60. The molecule has 5 heterocycles. The van der Waals surface area contributed by atoms with E-state index in [9.17, 15) is 0 Å². The SMILES string of the molecule is C=C(Nc1cncc(-c2ccc3[nH]nc(-c4cc5c(-c6ccc(C)s6)nccc5[nH]4)c3c2)c1)C(C)(C)C. The normalized spacial score (nSPS) is 11.9. The van der Waals surface area contributed by atoms with Crippen LogP contribution in [0.2, 0.25) is 0 Å². The summed E-state index contributed by atoms with van der Waals surface area (Å²) in [4.78, 5) is 15.2. The van der Waals surface area contributed by atoms with Gasteiger partial charge in [-0.1, -0.05) is 33.4 Å². The minimum atomic E-state index is -0.0437. The Labute approximate surface area is 219 Å². The molecule has 0 radical (unpaired) electrons. The first-order valence-electron chi connectivity index (χ1n) is 12.2. The van der Waals surface area contributed by atoms with Gasteiger partial charge >= 0.3 is 0 Å². The van der Waals surface area contributed by atoms with E-state index in [0.717, 1.165) is 66.3 Å². The summed E-state index contributed by atoms with van der Waals surface area (Å²) >= 11 is 1.76. The highest BCUT2D eigenvalue weighted by atomic mass is 32.1. The third-order valence-electron chi connectivity index (χ3n) is 6.61. The zero-order valence-corrected chi connectivity index (χ0v) is 22.1. The maximum absolute atomic E-state index is 4.69. The van der Waals surface area contributed by atoms with Crippen molar-refractivity contribution in [2.45, 2.75) is 27.7 Å². The van der Waals surface area contributed by atoms with Gasteiger partial charge in [-0.25, -0.2) is 0 Å². The number of aromatic amines is 2. The van der Waals surface area contributed by atoms with Crippen LogP contribution in [-0.4, -0.2) is 25.1 Å². The lowest BCUT2D eigenvalue weighted by atomic mass is 9.93. The van der Waals surface area contributed by atoms with E-state index in [4.69, 9.17) is 0 Å². The summed E-state index contributed by atoms with van der Waals surface area (Å²) < 4.78 is 0. The van der Waals surface area contributed by atoms with E-state index in [2.05, 4.69) is 107 Å². The highest BCUT2D eigenvalue weighted by molar-refractivity contribution is 7.15. The first-order valence-corrected chi connectivity index (χ1v) is 13.0. The molecule has 6 nitrogen and oxygen atoms in total. The molecule has 0 spiro atoms. The molecule has 37 heavy (non-hydrogen) atoms. The first-order chi connectivity index (χ1) is 17.8. The smallest absolute Gasteiger partial charge is 0.116 e. The third kappa shape index (κ3) is 4.32. The number of thiophene rings is 1. The molecular weight excluding hydrogens is 476 g/mol. The van der Waals surface area contributed by atoms with Crippen LogP contribution < -0.4 is 5.32 Å². The molecule has 0 saturated carbocycles. The molecule has 6 rings (SSSR count). The Hall–Kier alpha value is -4.23. The van der Waals surface area contributed by atoms with Crippen molar-refractivity contribution in [1.82, 2.24) is 25.1 Å². The molecule has 0 fully saturated rings. The predicted molar refractivity (Wildman–Crippen MR) is 155 cm³/mol. The van der Waals surface area contributed by atoms with Gasteiger partial charge in [0.1, 0.15) is 5.69 Å². The summed E-state index contributed by atoms with van der Waals surface area (Å²) in [5, 5.41) is 13.4. The van der Waals surface area contributed by atoms with Crippen LogP contribution in [0.3, 0.4) is 0 Å². The van der Waals surface area contributed by atoms with Crippen molar-refractivity contribution >= 4 is 38.8 Å². The molecule has 0 amide bonds. The van der Waals surface area contributed by atoms with E-state index >= 15 is 0 Å². The number of nitrogens with one attached hydrogen (secondary N) is 3. The predicted octanol–water partition coefficient (Wildman–Crippen LogP) is 8.18. The molecule has 6 aromatic rings. The fraction of sp³-hybridized carbons (Fsp3) is 0.167. The maximum atomic E-state index is 4.69. The highest BCUT2D eigenvalue weighted by Gasteiger charge is 2.17. The molecule has 0 unspecified atom stereocenters. The van der Waals surface area contributed by atoms with Crippen molar-refractivity contribution in [3.63, 3.8) is 0 Å². The lowest BCUT2D eigenvalue weighted by molar-refractivity contribution is 0.509. The number of allylic oxidation sites excluding steroid dienone is 1. The Kier molecular flexibility index (Phi) is 5.46. The molecule has 0 aliphatic carbocycles. The lowest BCUT2D eigenvalue weighted by Crippen LogP contribution is -2.15. The third-order valence-corrected chi connectivity index (χ3v) is 7.62. The summed E-state index contributed by atoms with van der Waals surface area (Å²) in [6.07, 6.45) is 5.57. The number of anilines is 1. The number of H-pyrrole nitrogens is 2. The van der Waals surface area contributed by atoms with Gasteiger partial charge in [0.25, 0.3) is 0 Å². The van der Waals surface area contributed by atoms with Gasteiger partial charge in [-0.05, 0) is 55.0 Å². The van der Waals surface area contributed by atoms with Crippen LogP contribution in [-0.2, 0) is 0 Å². The monoisotopic (exact) mass is 504 g/mol. The van der Waals surface area contributed by atoms with Gasteiger partial charge in [-0.3, -0.25) is 15.1 Å². The minimum Gasteiger partial charge on any atom is -0.358 e. The van der Waals surface area contributed by atoms with E-state index in [1.54, 1.807) is 11.3 Å². The number of hydrogen-bond donors (Lipinski definition) is 3. The molecule has 184 valence electrons. The zero-order chi connectivity index (χ0) is 25.7. The molecule has 5 aromatic heterocycles. The quantitative estimate of drug-likeness (QED) is 0.221. The van der Waals surface area contributed by atoms with Crippen LogP contribution in [0.25, 0.3) is 54.9 Å². The fourth-order valence-electron chi connectivity index (χ4n) is 4.37. The average molecular weight is 505 g/mol. The highest BCUT2D eigenvalue weighted by Crippen LogP contribution is 2.36. The van der Waals surface area contributed by atoms with Crippen LogP contribution in [0.1, 0.15) is 25.6 Å². The van der Waals surface area contributed by atoms with Crippen molar-refractivity contribution in [1.29, 1.82) is 0 Å². The Balaban J connectivity index is 1.40. The number of fused-ring (bicyclic) bond motifs is 2. The molecule has 3 N–H and O–H groups in total. The second-order valence-corrected chi connectivity index (χ2v) is 11.7. The van der Waals surface area contributed by atoms with Crippen LogP contribution in [0.5, 0.6) is 0 Å². The number of aryl methyl sites for hydroxylation is 1. The summed E-state index contributed by atoms with van der Waals surface area (Å²) in [6, 6.07) is 16.9. The van der Waals surface area contributed by atoms with Crippen molar-refractivity contribution in [2.24, 2.45) is 5.41 Å². The molecule has 0 aliphatic heterocycles. The van der Waals surface area contributed by atoms with Gasteiger partial charge in [0.05, 0.1) is 33.7 Å². The van der Waals surface area contributed by atoms with Gasteiger partial charge in [-0.2, -0.15) is 5.10 Å². The second-order valence-electron chi connectivity index (χ2n) is 10.4. The van der Waals surface area contributed by atoms with Gasteiger partial charge in [0, 0.05) is 50.2 Å². The summed E-state index contributed by atoms with van der Waals surface area (Å²) in [5.74, 6) is 0. The van der Waals surface area contributed by atoms with E-state index in [-0.39, 0.29) is 5.41 Å². The Morgan fingerprint density at radius 1 is 0.919 bits per heavy atom. The Bertz CT molecular complexity index is 1780. The number of hydrogen-bond acceptors (Lipinski definition) is 5. The van der Waals surface area contributed by atoms with Crippen LogP contribution in [0.15, 0.2) is 79.4 Å². The number of nitrogens with zero attached hydrogens (tertiary/aromatic N) is 3. The van der Waals surface area contributed by atoms with E-state index in [0.29, 0.717) is 0 Å². The van der Waals surface area contributed by atoms with Crippen molar-refractivity contribution in [2.75, 3.05) is 5.32 Å². The van der Waals surface area contributed by atoms with Crippen LogP contribution in [0, 0.1) is 12.3 Å². The number of pyridine rings is 2. The van der Waals surface area contributed by atoms with Gasteiger partial charge < -0.3 is 10.3 Å². The fourth-order valence-corrected chi connectivity index (χ4v) is 5.24. The largest absolute Gasteiger partial charge is 0.358 e. The van der Waals surface area contributed by atoms with E-state index in [1.165, 1.54) is 4.88 Å². The topological polar surface area (TPSA) is 82.3 Å². The van der Waals surface area contributed by atoms with Gasteiger partial charge in [-0.15, -0.1) is 11.3 Å². The molecule has 0 saturated heterocycles. The summed E-state index contributed by atoms with van der Waals surface area (Å²) in [7, 11) is 0. The molecule has 0 aliphatic rings. The van der Waals surface area contributed by atoms with Crippen LogP contribution >= 0.6 is 11.3 Å². The lowest BCUT2D eigenvalue weighted by Gasteiger charge is -2.23. The molecular formula is C30H28N6S. The van der Waals surface area contributed by atoms with Crippen molar-refractivity contribution < 1.29 is 0 Å². The number of rotatable bonds is 5. The maximum Gasteiger partial charge on any atom is 0.116 e. The minimum absolute atomic E-state index is 0.0437. The van der Waals surface area contributed by atoms with Crippen molar-refractivity contribution in [3.8, 4) is 33.1 Å². The summed E-state index contributed by atoms with van der Waals surface area (Å²) in [5.41, 5.74) is 8.77. The summed E-state index contributed by atoms with van der Waals surface area (Å²) in [6.45, 7) is 12.7. The zero-order valence-electron chi connectivity index (χ0n) is 21.3. The van der Waals surface area contributed by atoms with E-state index < -0.39 is 0 Å². The Morgan fingerprint density at radius 3 is 2.54 bits per heavy atom. The number of aromatic nitrogens is 5. The standard InChI is InChI=1S/C30H28N6S/c1-17-6-9-27(37-17)29-23-14-26(34-24(23)10-11-32-29)28-22-13-19(7-8-25(22)35-36-28)20-12-21(16-31-15-20)33-18(2)30(3,4)5/h6-16,33-34H,2H2,1,3-5H3,(H,35,36). The van der Waals surface area contributed by atoms with Gasteiger partial charge in [0.2, 0.25) is 0 Å². The Morgan fingerprint density at radius 2 is 1.76 bits per heavy atom. The molecule has 0 bridgehead atoms. The van der Waals surface area contributed by atoms with Crippen LogP contribution in [0.4, 0.5) is 5.69 Å². The molecule has 0 atom stereocenters. The van der Waals surface area contributed by atoms with E-state index in [1.807, 2.05) is 24.7 Å². The van der Waals surface area contributed by atoms with Gasteiger partial charge in [0.15, 0.2) is 0 Å². The number of benzene rings is 1. The molecule has 7 heteroatoms. The first kappa shape index (κ1) is 23.2. The molecule has 1 aromatic carbocycles.